The Kier molecular flexibility index (Phi) is 2.27. The van der Waals surface area contributed by atoms with E-state index in [1.807, 2.05) is 6.20 Å². The van der Waals surface area contributed by atoms with Crippen LogP contribution in [0.15, 0.2) is 30.5 Å². The minimum Gasteiger partial charge on any atom is -0.377 e. The molecule has 0 aliphatic carbocycles. The summed E-state index contributed by atoms with van der Waals surface area (Å²) in [6.07, 6.45) is 5.15. The summed E-state index contributed by atoms with van der Waals surface area (Å²) < 4.78 is 10.8. The van der Waals surface area contributed by atoms with Gasteiger partial charge >= 0.3 is 0 Å². The highest BCUT2D eigenvalue weighted by molar-refractivity contribution is 7.13. The SMILES string of the molecule is C1=C(c2cccc3sncc23)CCOC1. The van der Waals surface area contributed by atoms with Crippen LogP contribution in [0.2, 0.25) is 0 Å². The van der Waals surface area contributed by atoms with E-state index in [0.29, 0.717) is 0 Å². The van der Waals surface area contributed by atoms with Crippen LogP contribution in [0.25, 0.3) is 15.7 Å². The second kappa shape index (κ2) is 3.76. The molecule has 2 aromatic rings. The van der Waals surface area contributed by atoms with Gasteiger partial charge in [0.2, 0.25) is 0 Å². The molecular weight excluding hydrogens is 206 g/mol. The van der Waals surface area contributed by atoms with E-state index in [1.54, 1.807) is 11.5 Å². The van der Waals surface area contributed by atoms with E-state index in [9.17, 15) is 0 Å². The van der Waals surface area contributed by atoms with Gasteiger partial charge in [-0.05, 0) is 35.2 Å². The van der Waals surface area contributed by atoms with Gasteiger partial charge in [0.1, 0.15) is 0 Å². The van der Waals surface area contributed by atoms with Crippen LogP contribution in [0.5, 0.6) is 0 Å². The average molecular weight is 217 g/mol. The molecule has 0 fully saturated rings. The molecule has 0 bridgehead atoms. The van der Waals surface area contributed by atoms with E-state index < -0.39 is 0 Å². The van der Waals surface area contributed by atoms with Crippen LogP contribution in [-0.4, -0.2) is 17.6 Å². The number of hydrogen-bond donors (Lipinski definition) is 0. The molecular formula is C12H11NOS. The lowest BCUT2D eigenvalue weighted by atomic mass is 9.99. The standard InChI is InChI=1S/C12H11NOS/c1-2-10(9-4-6-14-7-5-9)11-8-13-15-12(11)3-1/h1-4,8H,5-7H2. The van der Waals surface area contributed by atoms with Gasteiger partial charge in [0.15, 0.2) is 0 Å². The summed E-state index contributed by atoms with van der Waals surface area (Å²) in [6, 6.07) is 6.40. The Hall–Kier alpha value is -1.19. The molecule has 1 aliphatic rings. The Balaban J connectivity index is 2.17. The van der Waals surface area contributed by atoms with Crippen molar-refractivity contribution in [1.29, 1.82) is 0 Å². The lowest BCUT2D eigenvalue weighted by Crippen LogP contribution is -2.03. The van der Waals surface area contributed by atoms with Crippen molar-refractivity contribution in [2.24, 2.45) is 0 Å². The number of nitrogens with zero attached hydrogens (tertiary/aromatic N) is 1. The van der Waals surface area contributed by atoms with E-state index >= 15 is 0 Å². The number of benzene rings is 1. The maximum absolute atomic E-state index is 5.33. The smallest absolute Gasteiger partial charge is 0.0653 e. The highest BCUT2D eigenvalue weighted by Crippen LogP contribution is 2.29. The number of fused-ring (bicyclic) bond motifs is 1. The van der Waals surface area contributed by atoms with E-state index in [1.165, 1.54) is 21.2 Å². The van der Waals surface area contributed by atoms with Crippen molar-refractivity contribution in [2.45, 2.75) is 6.42 Å². The third-order valence-electron chi connectivity index (χ3n) is 2.71. The van der Waals surface area contributed by atoms with Crippen molar-refractivity contribution in [2.75, 3.05) is 13.2 Å². The Morgan fingerprint density at radius 2 is 2.33 bits per heavy atom. The van der Waals surface area contributed by atoms with E-state index in [-0.39, 0.29) is 0 Å². The Morgan fingerprint density at radius 3 is 3.20 bits per heavy atom. The fourth-order valence-electron chi connectivity index (χ4n) is 1.94. The van der Waals surface area contributed by atoms with Crippen LogP contribution in [0, 0.1) is 0 Å². The summed E-state index contributed by atoms with van der Waals surface area (Å²) in [5.41, 5.74) is 2.72. The number of aromatic nitrogens is 1. The Bertz CT molecular complexity index is 515. The average Bonchev–Trinajstić information content (AvgIpc) is 2.78. The molecule has 3 heteroatoms. The lowest BCUT2D eigenvalue weighted by Gasteiger charge is -2.14. The van der Waals surface area contributed by atoms with Crippen LogP contribution in [0.1, 0.15) is 12.0 Å². The van der Waals surface area contributed by atoms with E-state index in [0.717, 1.165) is 19.6 Å². The first-order chi connectivity index (χ1) is 7.45. The second-order valence-electron chi connectivity index (χ2n) is 3.60. The lowest BCUT2D eigenvalue weighted by molar-refractivity contribution is 0.161. The molecule has 1 aliphatic heterocycles. The molecule has 0 unspecified atom stereocenters. The van der Waals surface area contributed by atoms with Crippen LogP contribution < -0.4 is 0 Å². The van der Waals surface area contributed by atoms with Gasteiger partial charge in [-0.2, -0.15) is 4.37 Å². The zero-order valence-electron chi connectivity index (χ0n) is 8.27. The second-order valence-corrected chi connectivity index (χ2v) is 4.43. The highest BCUT2D eigenvalue weighted by Gasteiger charge is 2.10. The van der Waals surface area contributed by atoms with Gasteiger partial charge in [0, 0.05) is 11.6 Å². The minimum atomic E-state index is 0.739. The molecule has 1 aromatic heterocycles. The molecule has 76 valence electrons. The predicted octanol–water partition coefficient (Wildman–Crippen LogP) is 3.10. The van der Waals surface area contributed by atoms with Gasteiger partial charge in [-0.25, -0.2) is 0 Å². The molecule has 0 spiro atoms. The van der Waals surface area contributed by atoms with E-state index in [4.69, 9.17) is 4.74 Å². The summed E-state index contributed by atoms with van der Waals surface area (Å²) in [4.78, 5) is 0. The molecule has 0 saturated carbocycles. The van der Waals surface area contributed by atoms with Crippen LogP contribution in [0.3, 0.4) is 0 Å². The molecule has 0 N–H and O–H groups in total. The molecule has 2 heterocycles. The molecule has 0 radical (unpaired) electrons. The molecule has 3 rings (SSSR count). The summed E-state index contributed by atoms with van der Waals surface area (Å²) >= 11 is 1.56. The molecule has 0 atom stereocenters. The molecule has 2 nitrogen and oxygen atoms in total. The first-order valence-corrected chi connectivity index (χ1v) is 5.83. The summed E-state index contributed by atoms with van der Waals surface area (Å²) in [7, 11) is 0. The van der Waals surface area contributed by atoms with Gasteiger partial charge in [0.05, 0.1) is 17.9 Å². The van der Waals surface area contributed by atoms with Crippen molar-refractivity contribution in [3.8, 4) is 0 Å². The van der Waals surface area contributed by atoms with Gasteiger partial charge in [-0.1, -0.05) is 18.2 Å². The minimum absolute atomic E-state index is 0.739. The first kappa shape index (κ1) is 9.07. The maximum atomic E-state index is 5.33. The summed E-state index contributed by atoms with van der Waals surface area (Å²) in [6.45, 7) is 1.57. The van der Waals surface area contributed by atoms with Gasteiger partial charge < -0.3 is 4.74 Å². The quantitative estimate of drug-likeness (QED) is 0.732. The van der Waals surface area contributed by atoms with Crippen molar-refractivity contribution >= 4 is 27.2 Å². The summed E-state index contributed by atoms with van der Waals surface area (Å²) in [5, 5.41) is 1.27. The monoisotopic (exact) mass is 217 g/mol. The number of ether oxygens (including phenoxy) is 1. The van der Waals surface area contributed by atoms with Gasteiger partial charge in [-0.15, -0.1) is 0 Å². The van der Waals surface area contributed by atoms with Gasteiger partial charge in [-0.3, -0.25) is 0 Å². The van der Waals surface area contributed by atoms with Crippen LogP contribution >= 0.6 is 11.5 Å². The highest BCUT2D eigenvalue weighted by atomic mass is 32.1. The van der Waals surface area contributed by atoms with E-state index in [2.05, 4.69) is 28.6 Å². The number of rotatable bonds is 1. The van der Waals surface area contributed by atoms with Crippen LogP contribution in [-0.2, 0) is 4.74 Å². The zero-order valence-corrected chi connectivity index (χ0v) is 9.09. The third kappa shape index (κ3) is 1.58. The summed E-state index contributed by atoms with van der Waals surface area (Å²) in [5.74, 6) is 0. The van der Waals surface area contributed by atoms with Crippen molar-refractivity contribution in [1.82, 2.24) is 4.37 Å². The van der Waals surface area contributed by atoms with Gasteiger partial charge in [0.25, 0.3) is 0 Å². The zero-order chi connectivity index (χ0) is 10.1. The largest absolute Gasteiger partial charge is 0.377 e. The molecule has 1 aromatic carbocycles. The maximum Gasteiger partial charge on any atom is 0.0653 e. The molecule has 0 saturated heterocycles. The fraction of sp³-hybridized carbons (Fsp3) is 0.250. The third-order valence-corrected chi connectivity index (χ3v) is 3.47. The number of hydrogen-bond acceptors (Lipinski definition) is 3. The van der Waals surface area contributed by atoms with Crippen molar-refractivity contribution in [3.63, 3.8) is 0 Å². The predicted molar refractivity (Wildman–Crippen MR) is 63.0 cm³/mol. The molecule has 0 amide bonds. The topological polar surface area (TPSA) is 22.1 Å². The fourth-order valence-corrected chi connectivity index (χ4v) is 2.62. The molecule has 15 heavy (non-hydrogen) atoms. The van der Waals surface area contributed by atoms with Crippen LogP contribution in [0.4, 0.5) is 0 Å². The first-order valence-electron chi connectivity index (χ1n) is 5.06. The Labute approximate surface area is 92.4 Å². The van der Waals surface area contributed by atoms with Crippen molar-refractivity contribution in [3.05, 3.63) is 36.0 Å². The Morgan fingerprint density at radius 1 is 1.33 bits per heavy atom. The van der Waals surface area contributed by atoms with Crippen molar-refractivity contribution < 1.29 is 4.74 Å². The normalized spacial score (nSPS) is 16.7.